The van der Waals surface area contributed by atoms with E-state index in [1.165, 1.54) is 6.20 Å². The number of nitrogens with zero attached hydrogens (tertiary/aromatic N) is 2. The van der Waals surface area contributed by atoms with E-state index in [1.807, 2.05) is 6.07 Å². The number of halogens is 3. The highest BCUT2D eigenvalue weighted by molar-refractivity contribution is 5.88. The van der Waals surface area contributed by atoms with Crippen molar-refractivity contribution >= 4 is 22.6 Å². The SMILES string of the molecule is N#Cc1c2ccccc2cn1[C@H]1C=C(C(=O)O)O[C@@H]([C@H](O)[C@H](O)CO)[C@@H]1NC(=O)C(F)(F)F. The third kappa shape index (κ3) is 4.63. The second-order valence-electron chi connectivity index (χ2n) is 7.23. The summed E-state index contributed by atoms with van der Waals surface area (Å²) >= 11 is 0. The number of hydrogen-bond donors (Lipinski definition) is 5. The molecule has 0 saturated carbocycles. The number of fused-ring (bicyclic) bond motifs is 1. The summed E-state index contributed by atoms with van der Waals surface area (Å²) in [6.45, 7) is -1.03. The lowest BCUT2D eigenvalue weighted by atomic mass is 9.91. The summed E-state index contributed by atoms with van der Waals surface area (Å²) in [4.78, 5) is 23.4. The van der Waals surface area contributed by atoms with Gasteiger partial charge in [-0.3, -0.25) is 4.79 Å². The van der Waals surface area contributed by atoms with Gasteiger partial charge < -0.3 is 35.0 Å². The molecule has 1 aliphatic rings. The maximum absolute atomic E-state index is 13.0. The first-order chi connectivity index (χ1) is 15.5. The van der Waals surface area contributed by atoms with E-state index in [0.29, 0.717) is 10.8 Å². The fourth-order valence-electron chi connectivity index (χ4n) is 3.63. The van der Waals surface area contributed by atoms with Crippen LogP contribution in [0.3, 0.4) is 0 Å². The average molecular weight is 469 g/mol. The summed E-state index contributed by atoms with van der Waals surface area (Å²) < 4.78 is 45.4. The molecule has 1 aliphatic heterocycles. The number of rotatable bonds is 6. The summed E-state index contributed by atoms with van der Waals surface area (Å²) in [7, 11) is 0. The van der Waals surface area contributed by atoms with E-state index in [-0.39, 0.29) is 5.69 Å². The average Bonchev–Trinajstić information content (AvgIpc) is 3.15. The Morgan fingerprint density at radius 1 is 1.27 bits per heavy atom. The van der Waals surface area contributed by atoms with E-state index in [4.69, 9.17) is 9.84 Å². The Kier molecular flexibility index (Phi) is 6.63. The molecule has 0 unspecified atom stereocenters. The Morgan fingerprint density at radius 3 is 2.52 bits per heavy atom. The number of aliphatic hydroxyl groups excluding tert-OH is 3. The van der Waals surface area contributed by atoms with Gasteiger partial charge in [0.25, 0.3) is 0 Å². The van der Waals surface area contributed by atoms with Gasteiger partial charge in [0.1, 0.15) is 30.1 Å². The molecule has 0 spiro atoms. The number of ether oxygens (including phenoxy) is 1. The molecular formula is C20H18F3N3O7. The first-order valence-electron chi connectivity index (χ1n) is 9.45. The van der Waals surface area contributed by atoms with Crippen molar-refractivity contribution in [3.63, 3.8) is 0 Å². The van der Waals surface area contributed by atoms with Crippen LogP contribution in [0.15, 0.2) is 42.3 Å². The number of aliphatic hydroxyl groups is 3. The fourth-order valence-corrected chi connectivity index (χ4v) is 3.63. The van der Waals surface area contributed by atoms with Gasteiger partial charge >= 0.3 is 18.1 Å². The second kappa shape index (κ2) is 9.10. The first kappa shape index (κ1) is 24.1. The van der Waals surface area contributed by atoms with Gasteiger partial charge in [-0.05, 0) is 6.08 Å². The van der Waals surface area contributed by atoms with Crippen LogP contribution in [0.5, 0.6) is 0 Å². The smallest absolute Gasteiger partial charge is 0.471 e. The van der Waals surface area contributed by atoms with Gasteiger partial charge in [-0.15, -0.1) is 0 Å². The number of carbonyl (C=O) groups excluding carboxylic acids is 1. The number of carbonyl (C=O) groups is 2. The van der Waals surface area contributed by atoms with Gasteiger partial charge in [-0.2, -0.15) is 18.4 Å². The molecule has 5 atom stereocenters. The first-order valence-corrected chi connectivity index (χ1v) is 9.45. The predicted molar refractivity (Wildman–Crippen MR) is 103 cm³/mol. The van der Waals surface area contributed by atoms with E-state index in [9.17, 15) is 43.3 Å². The standard InChI is InChI=1S/C20H18F3N3O7/c21-20(22,23)19(32)25-15-11(26-7-9-3-1-2-4-10(9)12(26)6-24)5-14(18(30)31)33-17(15)16(29)13(28)8-27/h1-5,7,11,13,15-17,27-29H,8H2,(H,25,32)(H,30,31)/t11-,13+,15+,16+,17+/m0/s1. The molecule has 2 heterocycles. The lowest BCUT2D eigenvalue weighted by Gasteiger charge is -2.40. The zero-order chi connectivity index (χ0) is 24.5. The van der Waals surface area contributed by atoms with Gasteiger partial charge in [0, 0.05) is 17.0 Å². The normalized spacial score (nSPS) is 22.6. The minimum Gasteiger partial charge on any atom is -0.478 e. The second-order valence-corrected chi connectivity index (χ2v) is 7.23. The van der Waals surface area contributed by atoms with E-state index >= 15 is 0 Å². The lowest BCUT2D eigenvalue weighted by Crippen LogP contribution is -2.60. The highest BCUT2D eigenvalue weighted by Crippen LogP contribution is 2.34. The highest BCUT2D eigenvalue weighted by Gasteiger charge is 2.48. The van der Waals surface area contributed by atoms with Crippen LogP contribution in [-0.4, -0.2) is 74.0 Å². The van der Waals surface area contributed by atoms with Crippen molar-refractivity contribution in [2.75, 3.05) is 6.61 Å². The number of carboxylic acids is 1. The third-order valence-electron chi connectivity index (χ3n) is 5.17. The maximum Gasteiger partial charge on any atom is 0.471 e. The van der Waals surface area contributed by atoms with Crippen molar-refractivity contribution in [3.8, 4) is 6.07 Å². The summed E-state index contributed by atoms with van der Waals surface area (Å²) in [5.74, 6) is -4.86. The number of alkyl halides is 3. The zero-order valence-corrected chi connectivity index (χ0v) is 16.6. The van der Waals surface area contributed by atoms with Gasteiger partial charge in [-0.1, -0.05) is 24.3 Å². The number of amides is 1. The number of benzene rings is 1. The molecule has 3 rings (SSSR count). The van der Waals surface area contributed by atoms with Gasteiger partial charge in [0.15, 0.2) is 0 Å². The number of aromatic nitrogens is 1. The minimum absolute atomic E-state index is 0.0549. The van der Waals surface area contributed by atoms with Crippen molar-refractivity contribution in [3.05, 3.63) is 48.0 Å². The van der Waals surface area contributed by atoms with Gasteiger partial charge in [-0.25, -0.2) is 4.79 Å². The van der Waals surface area contributed by atoms with Crippen molar-refractivity contribution in [1.29, 1.82) is 5.26 Å². The Balaban J connectivity index is 2.22. The molecule has 0 aliphatic carbocycles. The molecule has 0 saturated heterocycles. The monoisotopic (exact) mass is 469 g/mol. The molecule has 2 aromatic rings. The third-order valence-corrected chi connectivity index (χ3v) is 5.17. The number of hydrogen-bond acceptors (Lipinski definition) is 7. The maximum atomic E-state index is 13.0. The van der Waals surface area contributed by atoms with Crippen LogP contribution in [-0.2, 0) is 14.3 Å². The van der Waals surface area contributed by atoms with E-state index in [2.05, 4.69) is 0 Å². The van der Waals surface area contributed by atoms with E-state index < -0.39 is 60.8 Å². The Labute approximate surface area is 183 Å². The molecule has 1 amide bonds. The number of nitriles is 1. The van der Waals surface area contributed by atoms with Crippen molar-refractivity contribution in [2.24, 2.45) is 0 Å². The molecule has 5 N–H and O–H groups in total. The largest absolute Gasteiger partial charge is 0.478 e. The van der Waals surface area contributed by atoms with Crippen LogP contribution in [0.4, 0.5) is 13.2 Å². The van der Waals surface area contributed by atoms with Crippen LogP contribution in [0.25, 0.3) is 10.8 Å². The zero-order valence-electron chi connectivity index (χ0n) is 16.6. The molecule has 1 aromatic heterocycles. The molecule has 0 fully saturated rings. The van der Waals surface area contributed by atoms with Crippen molar-refractivity contribution in [1.82, 2.24) is 9.88 Å². The number of aliphatic carboxylic acids is 1. The van der Waals surface area contributed by atoms with Crippen LogP contribution in [0.2, 0.25) is 0 Å². The fraction of sp³-hybridized carbons (Fsp3) is 0.350. The van der Waals surface area contributed by atoms with Crippen LogP contribution in [0, 0.1) is 11.3 Å². The molecule has 176 valence electrons. The molecule has 0 bridgehead atoms. The van der Waals surface area contributed by atoms with Gasteiger partial charge in [0.2, 0.25) is 5.76 Å². The Hall–Kier alpha value is -3.60. The molecule has 33 heavy (non-hydrogen) atoms. The Morgan fingerprint density at radius 2 is 1.94 bits per heavy atom. The number of carboxylic acid groups (broad SMARTS) is 1. The topological polar surface area (TPSA) is 165 Å². The molecule has 0 radical (unpaired) electrons. The van der Waals surface area contributed by atoms with Gasteiger partial charge in [0.05, 0.1) is 18.7 Å². The Bertz CT molecular complexity index is 1140. The summed E-state index contributed by atoms with van der Waals surface area (Å²) in [5, 5.41) is 51.1. The molecular weight excluding hydrogens is 451 g/mol. The molecule has 13 heteroatoms. The molecule has 10 nitrogen and oxygen atoms in total. The van der Waals surface area contributed by atoms with Crippen LogP contribution >= 0.6 is 0 Å². The number of nitrogens with one attached hydrogen (secondary N) is 1. The summed E-state index contributed by atoms with van der Waals surface area (Å²) in [6.07, 6.45) is -9.05. The summed E-state index contributed by atoms with van der Waals surface area (Å²) in [5.41, 5.74) is -0.0549. The molecule has 1 aromatic carbocycles. The quantitative estimate of drug-likeness (QED) is 0.400. The lowest BCUT2D eigenvalue weighted by molar-refractivity contribution is -0.178. The highest BCUT2D eigenvalue weighted by atomic mass is 19.4. The van der Waals surface area contributed by atoms with Crippen molar-refractivity contribution < 1.29 is 47.9 Å². The minimum atomic E-state index is -5.34. The predicted octanol–water partition coefficient (Wildman–Crippen LogP) is 0.183. The van der Waals surface area contributed by atoms with E-state index in [1.54, 1.807) is 29.6 Å². The summed E-state index contributed by atoms with van der Waals surface area (Å²) in [6, 6.07) is 5.08. The van der Waals surface area contributed by atoms with Crippen LogP contribution < -0.4 is 5.32 Å². The van der Waals surface area contributed by atoms with Crippen molar-refractivity contribution in [2.45, 2.75) is 36.6 Å². The van der Waals surface area contributed by atoms with E-state index in [0.717, 1.165) is 10.6 Å². The van der Waals surface area contributed by atoms with Crippen LogP contribution in [0.1, 0.15) is 11.7 Å².